The van der Waals surface area contributed by atoms with Crippen molar-refractivity contribution in [3.8, 4) is 0 Å². The van der Waals surface area contributed by atoms with Gasteiger partial charge in [0.1, 0.15) is 12.7 Å². The van der Waals surface area contributed by atoms with Gasteiger partial charge >= 0.3 is 11.9 Å². The second-order valence-corrected chi connectivity index (χ2v) is 11.3. The van der Waals surface area contributed by atoms with Gasteiger partial charge in [0.05, 0.1) is 24.4 Å². The van der Waals surface area contributed by atoms with Crippen molar-refractivity contribution in [1.82, 2.24) is 0 Å². The van der Waals surface area contributed by atoms with Crippen LogP contribution < -0.4 is 0 Å². The highest BCUT2D eigenvalue weighted by Gasteiger charge is 2.37. The molecular weight excluding hydrogens is 468 g/mol. The molecule has 2 saturated heterocycles. The van der Waals surface area contributed by atoms with Gasteiger partial charge in [0.25, 0.3) is 0 Å². The molecule has 0 bridgehead atoms. The fraction of sp³-hybridized carbons (Fsp3) is 0.935. The summed E-state index contributed by atoms with van der Waals surface area (Å²) in [5.41, 5.74) is 0. The Hall–Kier alpha value is -1.14. The van der Waals surface area contributed by atoms with Crippen LogP contribution in [0, 0.1) is 0 Å². The lowest BCUT2D eigenvalue weighted by Crippen LogP contribution is -2.22. The largest absolute Gasteiger partial charge is 0.462 e. The number of carbonyl (C=O) groups is 2. The molecule has 0 aromatic heterocycles. The fourth-order valence-corrected chi connectivity index (χ4v) is 5.10. The standard InChI is InChI=1S/C31H56O6/c1-4-6-12-18-26-28(36-26)20-14-8-10-16-22-30(32)34-24-25(3)35-31(33)23-17-11-9-15-21-29-27(37-29)19-13-7-5-2/h25-29H,4-24H2,1-3H3. The molecule has 0 aromatic carbocycles. The van der Waals surface area contributed by atoms with Gasteiger partial charge in [0.15, 0.2) is 0 Å². The van der Waals surface area contributed by atoms with Gasteiger partial charge in [-0.25, -0.2) is 0 Å². The third kappa shape index (κ3) is 16.4. The van der Waals surface area contributed by atoms with Crippen molar-refractivity contribution in [3.05, 3.63) is 0 Å². The summed E-state index contributed by atoms with van der Waals surface area (Å²) in [6.07, 6.45) is 23.3. The van der Waals surface area contributed by atoms with Crippen LogP contribution in [0.5, 0.6) is 0 Å². The number of hydrogen-bond donors (Lipinski definition) is 0. The molecule has 6 nitrogen and oxygen atoms in total. The Bertz CT molecular complexity index is 609. The van der Waals surface area contributed by atoms with Gasteiger partial charge in [0.2, 0.25) is 0 Å². The zero-order chi connectivity index (χ0) is 26.7. The first-order valence-electron chi connectivity index (χ1n) is 15.7. The number of carbonyl (C=O) groups excluding carboxylic acids is 2. The number of rotatable bonds is 25. The minimum Gasteiger partial charge on any atom is -0.462 e. The highest BCUT2D eigenvalue weighted by molar-refractivity contribution is 5.70. The molecule has 0 saturated carbocycles. The van der Waals surface area contributed by atoms with Crippen LogP contribution >= 0.6 is 0 Å². The van der Waals surface area contributed by atoms with Crippen molar-refractivity contribution in [2.75, 3.05) is 6.61 Å². The van der Waals surface area contributed by atoms with E-state index in [0.717, 1.165) is 51.4 Å². The van der Waals surface area contributed by atoms with E-state index < -0.39 is 6.10 Å². The van der Waals surface area contributed by atoms with Crippen LogP contribution in [0.25, 0.3) is 0 Å². The van der Waals surface area contributed by atoms with Gasteiger partial charge < -0.3 is 18.9 Å². The zero-order valence-electron chi connectivity index (χ0n) is 24.2. The van der Waals surface area contributed by atoms with Gasteiger partial charge in [-0.3, -0.25) is 9.59 Å². The summed E-state index contributed by atoms with van der Waals surface area (Å²) in [5.74, 6) is -0.394. The average Bonchev–Trinajstić information content (AvgIpc) is 3.80. The fourth-order valence-electron chi connectivity index (χ4n) is 5.10. The number of epoxide rings is 2. The summed E-state index contributed by atoms with van der Waals surface area (Å²) in [5, 5.41) is 0. The summed E-state index contributed by atoms with van der Waals surface area (Å²) in [7, 11) is 0. The highest BCUT2D eigenvalue weighted by atomic mass is 16.6. The first kappa shape index (κ1) is 32.1. The Balaban J connectivity index is 1.32. The SMILES string of the molecule is CCCCCC1OC1CCCCCCC(=O)OCC(C)OC(=O)CCCCCCC1OC1CCCCC. The molecule has 2 aliphatic heterocycles. The Morgan fingerprint density at radius 2 is 1.00 bits per heavy atom. The molecule has 0 radical (unpaired) electrons. The summed E-state index contributed by atoms with van der Waals surface area (Å²) < 4.78 is 22.2. The minimum atomic E-state index is -0.392. The van der Waals surface area contributed by atoms with E-state index in [9.17, 15) is 9.59 Å². The predicted octanol–water partition coefficient (Wildman–Crippen LogP) is 7.84. The second kappa shape index (κ2) is 19.9. The van der Waals surface area contributed by atoms with Crippen molar-refractivity contribution >= 4 is 11.9 Å². The topological polar surface area (TPSA) is 77.7 Å². The van der Waals surface area contributed by atoms with E-state index in [-0.39, 0.29) is 18.5 Å². The molecule has 2 heterocycles. The number of hydrogen-bond acceptors (Lipinski definition) is 6. The molecule has 37 heavy (non-hydrogen) atoms. The van der Waals surface area contributed by atoms with Crippen molar-refractivity contribution in [2.24, 2.45) is 0 Å². The number of esters is 2. The second-order valence-electron chi connectivity index (χ2n) is 11.3. The molecular formula is C31H56O6. The Morgan fingerprint density at radius 3 is 1.46 bits per heavy atom. The Morgan fingerprint density at radius 1 is 0.595 bits per heavy atom. The molecule has 6 heteroatoms. The maximum Gasteiger partial charge on any atom is 0.306 e. The first-order valence-corrected chi connectivity index (χ1v) is 15.7. The molecule has 5 unspecified atom stereocenters. The van der Waals surface area contributed by atoms with E-state index in [4.69, 9.17) is 18.9 Å². The van der Waals surface area contributed by atoms with Gasteiger partial charge in [-0.2, -0.15) is 0 Å². The third-order valence-electron chi connectivity index (χ3n) is 7.61. The van der Waals surface area contributed by atoms with Gasteiger partial charge in [-0.05, 0) is 45.4 Å². The monoisotopic (exact) mass is 524 g/mol. The zero-order valence-corrected chi connectivity index (χ0v) is 24.2. The molecule has 5 atom stereocenters. The summed E-state index contributed by atoms with van der Waals surface area (Å²) in [6.45, 7) is 6.39. The predicted molar refractivity (Wildman–Crippen MR) is 148 cm³/mol. The Kier molecular flexibility index (Phi) is 17.2. The molecule has 0 amide bonds. The molecule has 0 aromatic rings. The van der Waals surface area contributed by atoms with E-state index in [1.165, 1.54) is 64.2 Å². The minimum absolute atomic E-state index is 0.143. The molecule has 0 spiro atoms. The van der Waals surface area contributed by atoms with Gasteiger partial charge in [-0.1, -0.05) is 90.9 Å². The molecule has 0 aliphatic carbocycles. The van der Waals surface area contributed by atoms with E-state index >= 15 is 0 Å². The van der Waals surface area contributed by atoms with Crippen molar-refractivity contribution in [3.63, 3.8) is 0 Å². The third-order valence-corrected chi connectivity index (χ3v) is 7.61. The summed E-state index contributed by atoms with van der Waals surface area (Å²) in [6, 6.07) is 0. The maximum absolute atomic E-state index is 12.0. The maximum atomic E-state index is 12.0. The van der Waals surface area contributed by atoms with Crippen LogP contribution in [0.2, 0.25) is 0 Å². The normalized spacial score (nSPS) is 23.0. The highest BCUT2D eigenvalue weighted by Crippen LogP contribution is 2.32. The van der Waals surface area contributed by atoms with E-state index in [1.807, 2.05) is 0 Å². The quantitative estimate of drug-likeness (QED) is 0.0688. The first-order chi connectivity index (χ1) is 18.0. The van der Waals surface area contributed by atoms with E-state index in [1.54, 1.807) is 6.92 Å². The molecule has 0 N–H and O–H groups in total. The van der Waals surface area contributed by atoms with Crippen molar-refractivity contribution in [1.29, 1.82) is 0 Å². The lowest BCUT2D eigenvalue weighted by Gasteiger charge is -2.13. The number of ether oxygens (including phenoxy) is 4. The van der Waals surface area contributed by atoms with Crippen LogP contribution in [-0.4, -0.2) is 49.1 Å². The smallest absolute Gasteiger partial charge is 0.306 e. The van der Waals surface area contributed by atoms with Crippen LogP contribution in [0.15, 0.2) is 0 Å². The van der Waals surface area contributed by atoms with Crippen LogP contribution in [0.1, 0.15) is 149 Å². The summed E-state index contributed by atoms with van der Waals surface area (Å²) >= 11 is 0. The molecule has 216 valence electrons. The average molecular weight is 525 g/mol. The summed E-state index contributed by atoms with van der Waals surface area (Å²) in [4.78, 5) is 24.0. The lowest BCUT2D eigenvalue weighted by atomic mass is 10.1. The lowest BCUT2D eigenvalue weighted by molar-refractivity contribution is -0.158. The number of unbranched alkanes of at least 4 members (excludes halogenated alkanes) is 10. The van der Waals surface area contributed by atoms with Crippen molar-refractivity contribution in [2.45, 2.75) is 180 Å². The van der Waals surface area contributed by atoms with E-state index in [2.05, 4.69) is 13.8 Å². The van der Waals surface area contributed by atoms with Crippen LogP contribution in [0.3, 0.4) is 0 Å². The van der Waals surface area contributed by atoms with Crippen molar-refractivity contribution < 1.29 is 28.5 Å². The Labute approximate surface area is 226 Å². The van der Waals surface area contributed by atoms with E-state index in [0.29, 0.717) is 37.3 Å². The molecule has 2 rings (SSSR count). The molecule has 2 fully saturated rings. The van der Waals surface area contributed by atoms with Crippen LogP contribution in [-0.2, 0) is 28.5 Å². The molecule has 2 aliphatic rings. The van der Waals surface area contributed by atoms with Crippen LogP contribution in [0.4, 0.5) is 0 Å². The van der Waals surface area contributed by atoms with Gasteiger partial charge in [0, 0.05) is 12.8 Å². The van der Waals surface area contributed by atoms with Gasteiger partial charge in [-0.15, -0.1) is 0 Å².